The molecule has 0 bridgehead atoms. The maximum atomic E-state index is 3.66. The second-order valence-corrected chi connectivity index (χ2v) is 4.17. The molecule has 2 aliphatic carbocycles. The van der Waals surface area contributed by atoms with Crippen molar-refractivity contribution < 1.29 is 0 Å². The molecule has 0 saturated heterocycles. The fourth-order valence-corrected chi connectivity index (χ4v) is 2.74. The van der Waals surface area contributed by atoms with Gasteiger partial charge in [0, 0.05) is 4.83 Å². The standard InChI is InChI=1S/C8H11Br/c9-8-3-1-2-6-4-5-7(6)8/h1,3,6-8H,2,4-5H2. The van der Waals surface area contributed by atoms with E-state index in [4.69, 9.17) is 0 Å². The molecule has 2 aliphatic rings. The molecular weight excluding hydrogens is 176 g/mol. The lowest BCUT2D eigenvalue weighted by Gasteiger charge is -2.41. The Labute approximate surface area is 64.5 Å². The summed E-state index contributed by atoms with van der Waals surface area (Å²) in [6.07, 6.45) is 8.88. The Bertz CT molecular complexity index is 140. The van der Waals surface area contributed by atoms with Crippen molar-refractivity contribution in [3.8, 4) is 0 Å². The van der Waals surface area contributed by atoms with Crippen LogP contribution >= 0.6 is 15.9 Å². The molecule has 2 rings (SSSR count). The van der Waals surface area contributed by atoms with Crippen molar-refractivity contribution in [2.45, 2.75) is 24.1 Å². The molecule has 0 nitrogen and oxygen atoms in total. The van der Waals surface area contributed by atoms with Crippen LogP contribution in [0.25, 0.3) is 0 Å². The van der Waals surface area contributed by atoms with Crippen LogP contribution < -0.4 is 0 Å². The van der Waals surface area contributed by atoms with Crippen LogP contribution in [0.2, 0.25) is 0 Å². The predicted octanol–water partition coefficient (Wildman–Crippen LogP) is 2.74. The van der Waals surface area contributed by atoms with Crippen LogP contribution in [-0.2, 0) is 0 Å². The van der Waals surface area contributed by atoms with Crippen LogP contribution in [0.1, 0.15) is 19.3 Å². The van der Waals surface area contributed by atoms with Crippen molar-refractivity contribution in [2.24, 2.45) is 11.8 Å². The zero-order chi connectivity index (χ0) is 6.27. The second kappa shape index (κ2) is 2.12. The summed E-state index contributed by atoms with van der Waals surface area (Å²) < 4.78 is 0. The molecule has 50 valence electrons. The fraction of sp³-hybridized carbons (Fsp3) is 0.750. The lowest BCUT2D eigenvalue weighted by Crippen LogP contribution is -2.33. The molecule has 3 atom stereocenters. The van der Waals surface area contributed by atoms with Crippen LogP contribution in [-0.4, -0.2) is 4.83 Å². The van der Waals surface area contributed by atoms with Gasteiger partial charge in [-0.2, -0.15) is 0 Å². The van der Waals surface area contributed by atoms with Gasteiger partial charge in [0.15, 0.2) is 0 Å². The first-order valence-corrected chi connectivity index (χ1v) is 4.60. The summed E-state index contributed by atoms with van der Waals surface area (Å²) in [5.74, 6) is 2.01. The Kier molecular flexibility index (Phi) is 1.40. The molecule has 1 heteroatoms. The van der Waals surface area contributed by atoms with Gasteiger partial charge in [0.2, 0.25) is 0 Å². The van der Waals surface area contributed by atoms with Crippen molar-refractivity contribution in [2.75, 3.05) is 0 Å². The number of allylic oxidation sites excluding steroid dienone is 2. The third-order valence-electron chi connectivity index (χ3n) is 2.64. The Morgan fingerprint density at radius 1 is 1.33 bits per heavy atom. The van der Waals surface area contributed by atoms with E-state index >= 15 is 0 Å². The van der Waals surface area contributed by atoms with Gasteiger partial charge in [-0.3, -0.25) is 0 Å². The van der Waals surface area contributed by atoms with Crippen molar-refractivity contribution in [1.29, 1.82) is 0 Å². The zero-order valence-electron chi connectivity index (χ0n) is 5.39. The molecule has 0 aliphatic heterocycles. The molecule has 0 aromatic heterocycles. The number of hydrogen-bond donors (Lipinski definition) is 0. The molecule has 0 radical (unpaired) electrons. The highest BCUT2D eigenvalue weighted by Crippen LogP contribution is 2.44. The topological polar surface area (TPSA) is 0 Å². The van der Waals surface area contributed by atoms with E-state index in [0.717, 1.165) is 11.8 Å². The lowest BCUT2D eigenvalue weighted by atomic mass is 9.68. The van der Waals surface area contributed by atoms with Gasteiger partial charge in [-0.15, -0.1) is 0 Å². The van der Waals surface area contributed by atoms with Gasteiger partial charge in [0.05, 0.1) is 0 Å². The largest absolute Gasteiger partial charge is 0.0871 e. The van der Waals surface area contributed by atoms with Crippen LogP contribution in [0.15, 0.2) is 12.2 Å². The summed E-state index contributed by atoms with van der Waals surface area (Å²) >= 11 is 3.66. The molecule has 1 saturated carbocycles. The van der Waals surface area contributed by atoms with Crippen molar-refractivity contribution in [1.82, 2.24) is 0 Å². The van der Waals surface area contributed by atoms with Crippen LogP contribution in [0, 0.1) is 11.8 Å². The summed E-state index contributed by atoms with van der Waals surface area (Å²) in [5, 5.41) is 0. The predicted molar refractivity (Wildman–Crippen MR) is 42.7 cm³/mol. The molecule has 1 fully saturated rings. The smallest absolute Gasteiger partial charge is 0.0356 e. The maximum Gasteiger partial charge on any atom is 0.0356 e. The molecule has 0 aromatic rings. The fourth-order valence-electron chi connectivity index (χ4n) is 1.83. The van der Waals surface area contributed by atoms with Gasteiger partial charge in [-0.05, 0) is 31.1 Å². The molecule has 0 N–H and O–H groups in total. The lowest BCUT2D eigenvalue weighted by molar-refractivity contribution is 0.179. The molecule has 9 heavy (non-hydrogen) atoms. The van der Waals surface area contributed by atoms with Gasteiger partial charge in [0.25, 0.3) is 0 Å². The maximum absolute atomic E-state index is 3.66. The van der Waals surface area contributed by atoms with Gasteiger partial charge < -0.3 is 0 Å². The highest BCUT2D eigenvalue weighted by atomic mass is 79.9. The number of fused-ring (bicyclic) bond motifs is 1. The molecule has 0 aromatic carbocycles. The highest BCUT2D eigenvalue weighted by molar-refractivity contribution is 9.09. The summed E-state index contributed by atoms with van der Waals surface area (Å²) in [6, 6.07) is 0. The monoisotopic (exact) mass is 186 g/mol. The van der Waals surface area contributed by atoms with Crippen LogP contribution in [0.5, 0.6) is 0 Å². The highest BCUT2D eigenvalue weighted by Gasteiger charge is 2.35. The summed E-state index contributed by atoms with van der Waals surface area (Å²) in [4.78, 5) is 0.699. The average Bonchev–Trinajstić information content (AvgIpc) is 1.74. The summed E-state index contributed by atoms with van der Waals surface area (Å²) in [6.45, 7) is 0. The first-order valence-electron chi connectivity index (χ1n) is 3.68. The van der Waals surface area contributed by atoms with E-state index in [1.54, 1.807) is 0 Å². The molecule has 0 amide bonds. The van der Waals surface area contributed by atoms with E-state index in [1.165, 1.54) is 19.3 Å². The van der Waals surface area contributed by atoms with Crippen molar-refractivity contribution >= 4 is 15.9 Å². The summed E-state index contributed by atoms with van der Waals surface area (Å²) in [5.41, 5.74) is 0. The number of hydrogen-bond acceptors (Lipinski definition) is 0. The van der Waals surface area contributed by atoms with E-state index in [9.17, 15) is 0 Å². The Hall–Kier alpha value is 0.220. The number of alkyl halides is 1. The van der Waals surface area contributed by atoms with Gasteiger partial charge in [-0.25, -0.2) is 0 Å². The first kappa shape index (κ1) is 5.96. The van der Waals surface area contributed by atoms with E-state index in [0.29, 0.717) is 4.83 Å². The quantitative estimate of drug-likeness (QED) is 0.404. The van der Waals surface area contributed by atoms with Crippen molar-refractivity contribution in [3.63, 3.8) is 0 Å². The molecule has 3 unspecified atom stereocenters. The first-order chi connectivity index (χ1) is 4.38. The van der Waals surface area contributed by atoms with Gasteiger partial charge in [0.1, 0.15) is 0 Å². The minimum atomic E-state index is 0.699. The van der Waals surface area contributed by atoms with Crippen molar-refractivity contribution in [3.05, 3.63) is 12.2 Å². The van der Waals surface area contributed by atoms with Gasteiger partial charge >= 0.3 is 0 Å². The number of rotatable bonds is 0. The Balaban J connectivity index is 2.11. The Morgan fingerprint density at radius 2 is 2.22 bits per heavy atom. The third-order valence-corrected chi connectivity index (χ3v) is 3.63. The molecule has 0 heterocycles. The van der Waals surface area contributed by atoms with E-state index in [1.807, 2.05) is 0 Å². The SMILES string of the molecule is BrC1C=CCC2CCC12. The zero-order valence-corrected chi connectivity index (χ0v) is 6.97. The minimum Gasteiger partial charge on any atom is -0.0871 e. The molecular formula is C8H11Br. The average molecular weight is 187 g/mol. The summed E-state index contributed by atoms with van der Waals surface area (Å²) in [7, 11) is 0. The van der Waals surface area contributed by atoms with E-state index < -0.39 is 0 Å². The molecule has 0 spiro atoms. The Morgan fingerprint density at radius 3 is 2.67 bits per heavy atom. The second-order valence-electron chi connectivity index (χ2n) is 3.11. The van der Waals surface area contributed by atoms with E-state index in [2.05, 4.69) is 28.1 Å². The van der Waals surface area contributed by atoms with Crippen LogP contribution in [0.4, 0.5) is 0 Å². The van der Waals surface area contributed by atoms with Gasteiger partial charge in [-0.1, -0.05) is 28.1 Å². The number of halogens is 1. The third kappa shape index (κ3) is 0.861. The normalized spacial score (nSPS) is 47.9. The van der Waals surface area contributed by atoms with Crippen LogP contribution in [0.3, 0.4) is 0 Å². The minimum absolute atomic E-state index is 0.699. The van der Waals surface area contributed by atoms with E-state index in [-0.39, 0.29) is 0 Å².